The molecular formula is C16H33IN4O2. The van der Waals surface area contributed by atoms with Crippen LogP contribution >= 0.6 is 24.0 Å². The maximum absolute atomic E-state index is 11.7. The Morgan fingerprint density at radius 3 is 2.30 bits per heavy atom. The van der Waals surface area contributed by atoms with E-state index in [-0.39, 0.29) is 30.1 Å². The second kappa shape index (κ2) is 12.7. The average molecular weight is 440 g/mol. The first-order valence-corrected chi connectivity index (χ1v) is 8.45. The maximum Gasteiger partial charge on any atom is 0.409 e. The fraction of sp³-hybridized carbons (Fsp3) is 0.875. The lowest BCUT2D eigenvalue weighted by molar-refractivity contribution is 0.0914. The van der Waals surface area contributed by atoms with E-state index in [0.29, 0.717) is 19.7 Å². The van der Waals surface area contributed by atoms with Gasteiger partial charge in [-0.3, -0.25) is 4.99 Å². The zero-order valence-electron chi connectivity index (χ0n) is 15.0. The molecule has 6 nitrogen and oxygen atoms in total. The van der Waals surface area contributed by atoms with Crippen LogP contribution in [0.25, 0.3) is 0 Å². The van der Waals surface area contributed by atoms with Crippen LogP contribution in [0.3, 0.4) is 0 Å². The minimum Gasteiger partial charge on any atom is -0.450 e. The predicted octanol–water partition coefficient (Wildman–Crippen LogP) is 2.78. The first-order chi connectivity index (χ1) is 10.6. The SMILES string of the molecule is CCOC(=O)N1CCN(C(=NC)NCCCCC(C)C)CC1.I. The van der Waals surface area contributed by atoms with E-state index in [1.54, 1.807) is 4.90 Å². The molecule has 0 aromatic heterocycles. The van der Waals surface area contributed by atoms with E-state index in [9.17, 15) is 4.79 Å². The van der Waals surface area contributed by atoms with Crippen LogP contribution in [0.4, 0.5) is 4.79 Å². The summed E-state index contributed by atoms with van der Waals surface area (Å²) in [5.41, 5.74) is 0. The highest BCUT2D eigenvalue weighted by Gasteiger charge is 2.23. The first kappa shape index (κ1) is 22.3. The van der Waals surface area contributed by atoms with Gasteiger partial charge in [0.15, 0.2) is 5.96 Å². The zero-order valence-corrected chi connectivity index (χ0v) is 17.3. The number of nitrogens with one attached hydrogen (secondary N) is 1. The van der Waals surface area contributed by atoms with Crippen molar-refractivity contribution in [2.24, 2.45) is 10.9 Å². The van der Waals surface area contributed by atoms with E-state index in [0.717, 1.165) is 31.5 Å². The van der Waals surface area contributed by atoms with Crippen LogP contribution in [0.1, 0.15) is 40.0 Å². The molecule has 0 aromatic carbocycles. The highest BCUT2D eigenvalue weighted by Crippen LogP contribution is 2.06. The Morgan fingerprint density at radius 1 is 1.17 bits per heavy atom. The summed E-state index contributed by atoms with van der Waals surface area (Å²) in [5.74, 6) is 1.71. The Labute approximate surface area is 158 Å². The number of rotatable bonds is 6. The third kappa shape index (κ3) is 8.62. The molecule has 1 amide bonds. The van der Waals surface area contributed by atoms with E-state index >= 15 is 0 Å². The smallest absolute Gasteiger partial charge is 0.409 e. The van der Waals surface area contributed by atoms with Gasteiger partial charge in [0.2, 0.25) is 0 Å². The fourth-order valence-electron chi connectivity index (χ4n) is 2.53. The number of piperazine rings is 1. The van der Waals surface area contributed by atoms with E-state index in [2.05, 4.69) is 29.1 Å². The van der Waals surface area contributed by atoms with E-state index in [1.165, 1.54) is 19.3 Å². The van der Waals surface area contributed by atoms with Crippen molar-refractivity contribution in [1.82, 2.24) is 15.1 Å². The number of ether oxygens (including phenoxy) is 1. The van der Waals surface area contributed by atoms with Gasteiger partial charge in [-0.1, -0.05) is 26.7 Å². The number of amides is 1. The Balaban J connectivity index is 0.00000484. The monoisotopic (exact) mass is 440 g/mol. The number of guanidine groups is 1. The van der Waals surface area contributed by atoms with Crippen LogP contribution in [0.15, 0.2) is 4.99 Å². The van der Waals surface area contributed by atoms with E-state index < -0.39 is 0 Å². The van der Waals surface area contributed by atoms with Crippen molar-refractivity contribution in [1.29, 1.82) is 0 Å². The van der Waals surface area contributed by atoms with Crippen LogP contribution in [-0.4, -0.2) is 68.2 Å². The summed E-state index contributed by atoms with van der Waals surface area (Å²) in [7, 11) is 1.81. The lowest BCUT2D eigenvalue weighted by Gasteiger charge is -2.35. The number of carbonyl (C=O) groups is 1. The molecule has 0 unspecified atom stereocenters. The summed E-state index contributed by atoms with van der Waals surface area (Å²) in [6, 6.07) is 0. The van der Waals surface area contributed by atoms with Crippen LogP contribution in [0.5, 0.6) is 0 Å². The normalized spacial score (nSPS) is 15.4. The van der Waals surface area contributed by atoms with Crippen LogP contribution in [0.2, 0.25) is 0 Å². The topological polar surface area (TPSA) is 57.2 Å². The van der Waals surface area contributed by atoms with Gasteiger partial charge in [0.25, 0.3) is 0 Å². The minimum absolute atomic E-state index is 0. The lowest BCUT2D eigenvalue weighted by Crippen LogP contribution is -2.54. The molecule has 1 N–H and O–H groups in total. The number of hydrogen-bond acceptors (Lipinski definition) is 3. The molecular weight excluding hydrogens is 407 g/mol. The van der Waals surface area contributed by atoms with Gasteiger partial charge in [-0.05, 0) is 19.3 Å². The number of hydrogen-bond donors (Lipinski definition) is 1. The molecule has 0 aliphatic carbocycles. The highest BCUT2D eigenvalue weighted by molar-refractivity contribution is 14.0. The molecule has 0 bridgehead atoms. The minimum atomic E-state index is -0.209. The van der Waals surface area contributed by atoms with Crippen molar-refractivity contribution in [3.63, 3.8) is 0 Å². The van der Waals surface area contributed by atoms with E-state index in [4.69, 9.17) is 4.74 Å². The van der Waals surface area contributed by atoms with Gasteiger partial charge in [-0.15, -0.1) is 24.0 Å². The molecule has 7 heteroatoms. The van der Waals surface area contributed by atoms with E-state index in [1.807, 2.05) is 14.0 Å². The number of aliphatic imine (C=N–C) groups is 1. The van der Waals surface area contributed by atoms with Gasteiger partial charge in [-0.25, -0.2) is 4.79 Å². The first-order valence-electron chi connectivity index (χ1n) is 8.45. The van der Waals surface area contributed by atoms with Gasteiger partial charge in [0, 0.05) is 39.8 Å². The summed E-state index contributed by atoms with van der Waals surface area (Å²) in [6.07, 6.45) is 3.48. The molecule has 1 heterocycles. The number of unbranched alkanes of at least 4 members (excludes halogenated alkanes) is 1. The molecule has 0 radical (unpaired) electrons. The Hall–Kier alpha value is -0.730. The molecule has 0 saturated carbocycles. The van der Waals surface area contributed by atoms with Crippen molar-refractivity contribution in [3.05, 3.63) is 0 Å². The maximum atomic E-state index is 11.7. The third-order valence-corrected chi connectivity index (χ3v) is 3.81. The largest absolute Gasteiger partial charge is 0.450 e. The summed E-state index contributed by atoms with van der Waals surface area (Å²) < 4.78 is 5.04. The fourth-order valence-corrected chi connectivity index (χ4v) is 2.53. The molecule has 1 saturated heterocycles. The second-order valence-electron chi connectivity index (χ2n) is 6.04. The summed E-state index contributed by atoms with van der Waals surface area (Å²) in [6.45, 7) is 10.7. The zero-order chi connectivity index (χ0) is 16.4. The molecule has 23 heavy (non-hydrogen) atoms. The quantitative estimate of drug-likeness (QED) is 0.299. The van der Waals surface area contributed by atoms with Crippen molar-refractivity contribution in [2.45, 2.75) is 40.0 Å². The van der Waals surface area contributed by atoms with Crippen LogP contribution in [-0.2, 0) is 4.74 Å². The lowest BCUT2D eigenvalue weighted by atomic mass is 10.1. The summed E-state index contributed by atoms with van der Waals surface area (Å²) >= 11 is 0. The summed E-state index contributed by atoms with van der Waals surface area (Å²) in [4.78, 5) is 20.0. The molecule has 1 fully saturated rings. The molecule has 136 valence electrons. The van der Waals surface area contributed by atoms with Gasteiger partial charge in [-0.2, -0.15) is 0 Å². The number of halogens is 1. The average Bonchev–Trinajstić information content (AvgIpc) is 2.51. The Bertz CT molecular complexity index is 356. The second-order valence-corrected chi connectivity index (χ2v) is 6.04. The molecule has 1 rings (SSSR count). The van der Waals surface area contributed by atoms with Gasteiger partial charge in [0.1, 0.15) is 0 Å². The molecule has 1 aliphatic heterocycles. The molecule has 0 spiro atoms. The van der Waals surface area contributed by atoms with Crippen LogP contribution < -0.4 is 5.32 Å². The Morgan fingerprint density at radius 2 is 1.78 bits per heavy atom. The number of carbonyl (C=O) groups excluding carboxylic acids is 1. The molecule has 1 aliphatic rings. The third-order valence-electron chi connectivity index (χ3n) is 3.81. The van der Waals surface area contributed by atoms with Crippen LogP contribution in [0, 0.1) is 5.92 Å². The predicted molar refractivity (Wildman–Crippen MR) is 106 cm³/mol. The molecule has 0 atom stereocenters. The standard InChI is InChI=1S/C16H32N4O2.HI/c1-5-22-16(21)20-12-10-19(11-13-20)15(17-4)18-9-7-6-8-14(2)3;/h14H,5-13H2,1-4H3,(H,17,18);1H. The van der Waals surface area contributed by atoms with Crippen molar-refractivity contribution in [2.75, 3.05) is 46.4 Å². The van der Waals surface area contributed by atoms with Crippen molar-refractivity contribution >= 4 is 36.0 Å². The van der Waals surface area contributed by atoms with Crippen molar-refractivity contribution in [3.8, 4) is 0 Å². The molecule has 0 aromatic rings. The van der Waals surface area contributed by atoms with Crippen molar-refractivity contribution < 1.29 is 9.53 Å². The van der Waals surface area contributed by atoms with Gasteiger partial charge >= 0.3 is 6.09 Å². The van der Waals surface area contributed by atoms with Gasteiger partial charge < -0.3 is 19.9 Å². The van der Waals surface area contributed by atoms with Gasteiger partial charge in [0.05, 0.1) is 6.61 Å². The number of nitrogens with zero attached hydrogens (tertiary/aromatic N) is 3. The Kier molecular flexibility index (Phi) is 12.3. The summed E-state index contributed by atoms with van der Waals surface area (Å²) in [5, 5.41) is 3.42. The highest BCUT2D eigenvalue weighted by atomic mass is 127.